The van der Waals surface area contributed by atoms with E-state index >= 15 is 0 Å². The number of ether oxygens (including phenoxy) is 1. The molecule has 5 heteroatoms. The van der Waals surface area contributed by atoms with Gasteiger partial charge in [0.2, 0.25) is 11.8 Å². The second-order valence-electron chi connectivity index (χ2n) is 4.77. The van der Waals surface area contributed by atoms with Gasteiger partial charge in [-0.3, -0.25) is 9.59 Å². The monoisotopic (exact) mass is 256 g/mol. The summed E-state index contributed by atoms with van der Waals surface area (Å²) < 4.78 is 5.02. The van der Waals surface area contributed by atoms with Gasteiger partial charge in [0.15, 0.2) is 0 Å². The van der Waals surface area contributed by atoms with E-state index in [-0.39, 0.29) is 11.8 Å². The van der Waals surface area contributed by atoms with E-state index in [2.05, 4.69) is 5.32 Å². The largest absolute Gasteiger partial charge is 0.385 e. The Morgan fingerprint density at radius 2 is 1.94 bits per heavy atom. The summed E-state index contributed by atoms with van der Waals surface area (Å²) in [6.45, 7) is 6.82. The molecule has 1 aliphatic heterocycles. The number of rotatable bonds is 6. The first-order valence-corrected chi connectivity index (χ1v) is 6.64. The molecule has 0 saturated carbocycles. The summed E-state index contributed by atoms with van der Waals surface area (Å²) in [6.07, 6.45) is 2.03. The number of hydrogen-bond acceptors (Lipinski definition) is 3. The van der Waals surface area contributed by atoms with Gasteiger partial charge < -0.3 is 15.0 Å². The predicted octanol–water partition coefficient (Wildman–Crippen LogP) is 0.929. The smallest absolute Gasteiger partial charge is 0.246 e. The lowest BCUT2D eigenvalue weighted by molar-refractivity contribution is -0.158. The molecule has 18 heavy (non-hydrogen) atoms. The van der Waals surface area contributed by atoms with Crippen molar-refractivity contribution in [2.45, 2.75) is 51.6 Å². The van der Waals surface area contributed by atoms with E-state index in [0.29, 0.717) is 26.0 Å². The van der Waals surface area contributed by atoms with Gasteiger partial charge in [0.1, 0.15) is 11.6 Å². The summed E-state index contributed by atoms with van der Waals surface area (Å²) >= 11 is 0. The molecule has 5 nitrogen and oxygen atoms in total. The highest BCUT2D eigenvalue weighted by molar-refractivity contribution is 5.99. The number of amides is 2. The molecule has 0 bridgehead atoms. The molecule has 1 unspecified atom stereocenters. The maximum absolute atomic E-state index is 12.3. The molecule has 1 saturated heterocycles. The van der Waals surface area contributed by atoms with Crippen molar-refractivity contribution in [1.82, 2.24) is 10.2 Å². The summed E-state index contributed by atoms with van der Waals surface area (Å²) in [5.41, 5.74) is -0.683. The molecule has 0 aromatic carbocycles. The zero-order chi connectivity index (χ0) is 13.8. The maximum atomic E-state index is 12.3. The molecule has 0 radical (unpaired) electrons. The SMILES string of the molecule is CCC1(CC)C(=O)NC(C)C(=O)N1CCCOC. The number of methoxy groups -OCH3 is 1. The lowest BCUT2D eigenvalue weighted by Gasteiger charge is -2.47. The van der Waals surface area contributed by atoms with E-state index in [1.54, 1.807) is 18.9 Å². The number of carbonyl (C=O) groups excluding carboxylic acids is 2. The van der Waals surface area contributed by atoms with Crippen LogP contribution < -0.4 is 5.32 Å². The fourth-order valence-electron chi connectivity index (χ4n) is 2.60. The van der Waals surface area contributed by atoms with E-state index in [1.807, 2.05) is 13.8 Å². The van der Waals surface area contributed by atoms with Crippen LogP contribution in [0.5, 0.6) is 0 Å². The zero-order valence-electron chi connectivity index (χ0n) is 11.8. The van der Waals surface area contributed by atoms with Crippen LogP contribution in [0, 0.1) is 0 Å². The van der Waals surface area contributed by atoms with Gasteiger partial charge in [-0.05, 0) is 26.2 Å². The summed E-state index contributed by atoms with van der Waals surface area (Å²) in [6, 6.07) is -0.425. The van der Waals surface area contributed by atoms with Gasteiger partial charge >= 0.3 is 0 Å². The first kappa shape index (κ1) is 15.0. The Morgan fingerprint density at radius 3 is 2.44 bits per heavy atom. The van der Waals surface area contributed by atoms with Crippen LogP contribution >= 0.6 is 0 Å². The normalized spacial score (nSPS) is 23.1. The molecule has 0 aromatic rings. The summed E-state index contributed by atoms with van der Waals surface area (Å²) in [4.78, 5) is 26.3. The Kier molecular flexibility index (Phi) is 5.14. The molecular formula is C13H24N2O3. The Hall–Kier alpha value is -1.10. The van der Waals surface area contributed by atoms with Crippen LogP contribution in [0.25, 0.3) is 0 Å². The van der Waals surface area contributed by atoms with E-state index in [4.69, 9.17) is 4.74 Å². The molecule has 1 heterocycles. The van der Waals surface area contributed by atoms with Crippen molar-refractivity contribution >= 4 is 11.8 Å². The fraction of sp³-hybridized carbons (Fsp3) is 0.846. The van der Waals surface area contributed by atoms with Gasteiger partial charge in [-0.15, -0.1) is 0 Å². The van der Waals surface area contributed by atoms with Crippen LogP contribution in [-0.4, -0.2) is 48.6 Å². The number of carbonyl (C=O) groups is 2. The molecule has 1 N–H and O–H groups in total. The first-order chi connectivity index (χ1) is 8.53. The lowest BCUT2D eigenvalue weighted by Crippen LogP contribution is -2.69. The molecule has 1 rings (SSSR count). The molecule has 1 atom stereocenters. The minimum absolute atomic E-state index is 0.00871. The number of hydrogen-bond donors (Lipinski definition) is 1. The topological polar surface area (TPSA) is 58.6 Å². The van der Waals surface area contributed by atoms with Crippen molar-refractivity contribution in [2.75, 3.05) is 20.3 Å². The van der Waals surface area contributed by atoms with Crippen molar-refractivity contribution in [1.29, 1.82) is 0 Å². The number of piperazine rings is 1. The summed E-state index contributed by atoms with van der Waals surface area (Å²) in [7, 11) is 1.64. The van der Waals surface area contributed by atoms with Crippen LogP contribution in [0.3, 0.4) is 0 Å². The van der Waals surface area contributed by atoms with Gasteiger partial charge in [-0.2, -0.15) is 0 Å². The van der Waals surface area contributed by atoms with E-state index < -0.39 is 11.6 Å². The predicted molar refractivity (Wildman–Crippen MR) is 69.1 cm³/mol. The molecule has 1 fully saturated rings. The van der Waals surface area contributed by atoms with E-state index in [0.717, 1.165) is 6.42 Å². The molecule has 0 aromatic heterocycles. The average Bonchev–Trinajstić information content (AvgIpc) is 2.36. The van der Waals surface area contributed by atoms with Crippen molar-refractivity contribution in [3.63, 3.8) is 0 Å². The van der Waals surface area contributed by atoms with E-state index in [9.17, 15) is 9.59 Å². The standard InChI is InChI=1S/C13H24N2O3/c1-5-13(6-2)12(17)14-10(3)11(16)15(13)8-7-9-18-4/h10H,5-9H2,1-4H3,(H,14,17). The molecular weight excluding hydrogens is 232 g/mol. The van der Waals surface area contributed by atoms with Crippen molar-refractivity contribution in [2.24, 2.45) is 0 Å². The number of nitrogens with zero attached hydrogens (tertiary/aromatic N) is 1. The fourth-order valence-corrected chi connectivity index (χ4v) is 2.60. The molecule has 2 amide bonds. The van der Waals surface area contributed by atoms with Crippen LogP contribution in [0.1, 0.15) is 40.0 Å². The third kappa shape index (κ3) is 2.51. The lowest BCUT2D eigenvalue weighted by atomic mass is 9.86. The molecule has 1 aliphatic rings. The van der Waals surface area contributed by atoms with Crippen molar-refractivity contribution in [3.05, 3.63) is 0 Å². The Balaban J connectivity index is 2.93. The molecule has 0 aliphatic carbocycles. The van der Waals surface area contributed by atoms with Gasteiger partial charge in [-0.25, -0.2) is 0 Å². The minimum atomic E-state index is -0.683. The van der Waals surface area contributed by atoms with Crippen LogP contribution in [0.2, 0.25) is 0 Å². The van der Waals surface area contributed by atoms with Crippen molar-refractivity contribution < 1.29 is 14.3 Å². The van der Waals surface area contributed by atoms with Crippen LogP contribution in [0.15, 0.2) is 0 Å². The summed E-state index contributed by atoms with van der Waals surface area (Å²) in [5.74, 6) is -0.0218. The minimum Gasteiger partial charge on any atom is -0.385 e. The zero-order valence-corrected chi connectivity index (χ0v) is 11.8. The average molecular weight is 256 g/mol. The third-order valence-electron chi connectivity index (χ3n) is 3.82. The Morgan fingerprint density at radius 1 is 1.33 bits per heavy atom. The highest BCUT2D eigenvalue weighted by Crippen LogP contribution is 2.28. The van der Waals surface area contributed by atoms with Gasteiger partial charge in [0.25, 0.3) is 0 Å². The maximum Gasteiger partial charge on any atom is 0.246 e. The number of nitrogens with one attached hydrogen (secondary N) is 1. The Bertz CT molecular complexity index is 313. The van der Waals surface area contributed by atoms with Gasteiger partial charge in [-0.1, -0.05) is 13.8 Å². The quantitative estimate of drug-likeness (QED) is 0.719. The van der Waals surface area contributed by atoms with E-state index in [1.165, 1.54) is 0 Å². The van der Waals surface area contributed by atoms with Crippen LogP contribution in [-0.2, 0) is 14.3 Å². The highest BCUT2D eigenvalue weighted by Gasteiger charge is 2.48. The first-order valence-electron chi connectivity index (χ1n) is 6.64. The van der Waals surface area contributed by atoms with Gasteiger partial charge in [0.05, 0.1) is 0 Å². The van der Waals surface area contributed by atoms with Gasteiger partial charge in [0, 0.05) is 20.3 Å². The molecule has 0 spiro atoms. The van der Waals surface area contributed by atoms with Crippen LogP contribution in [0.4, 0.5) is 0 Å². The molecule has 104 valence electrons. The third-order valence-corrected chi connectivity index (χ3v) is 3.82. The van der Waals surface area contributed by atoms with Crippen molar-refractivity contribution in [3.8, 4) is 0 Å². The summed E-state index contributed by atoms with van der Waals surface area (Å²) in [5, 5.41) is 2.78. The second kappa shape index (κ2) is 6.18. The Labute approximate surface area is 109 Å². The highest BCUT2D eigenvalue weighted by atomic mass is 16.5. The second-order valence-corrected chi connectivity index (χ2v) is 4.77.